The Bertz CT molecular complexity index is 567. The molecule has 1 heterocycles. The van der Waals surface area contributed by atoms with Crippen LogP contribution in [-0.2, 0) is 0 Å². The molecule has 0 bridgehead atoms. The van der Waals surface area contributed by atoms with Crippen LogP contribution in [0.2, 0.25) is 0 Å². The number of benzene rings is 1. The van der Waals surface area contributed by atoms with E-state index in [0.717, 1.165) is 36.0 Å². The molecule has 1 aliphatic heterocycles. The maximum Gasteiger partial charge on any atom is 0.173 e. The van der Waals surface area contributed by atoms with Gasteiger partial charge in [0.2, 0.25) is 0 Å². The second kappa shape index (κ2) is 8.50. The van der Waals surface area contributed by atoms with Crippen molar-refractivity contribution in [3.05, 3.63) is 29.3 Å². The van der Waals surface area contributed by atoms with Crippen molar-refractivity contribution in [2.75, 3.05) is 25.5 Å². The first-order valence-electron chi connectivity index (χ1n) is 10.0. The molecule has 0 amide bonds. The molecule has 3 nitrogen and oxygen atoms in total. The Morgan fingerprint density at radius 3 is 2.12 bits per heavy atom. The third-order valence-corrected chi connectivity index (χ3v) is 6.51. The van der Waals surface area contributed by atoms with Gasteiger partial charge < -0.3 is 15.1 Å². The number of hydrogen-bond acceptors (Lipinski definition) is 1. The third kappa shape index (κ3) is 4.95. The molecule has 4 heteroatoms. The van der Waals surface area contributed by atoms with Crippen LogP contribution in [0.15, 0.2) is 18.2 Å². The lowest BCUT2D eigenvalue weighted by molar-refractivity contribution is -0.933. The van der Waals surface area contributed by atoms with E-state index in [2.05, 4.69) is 49.3 Å². The highest BCUT2D eigenvalue weighted by molar-refractivity contribution is 7.80. The Balaban J connectivity index is 1.50. The number of hydrogen-bond donors (Lipinski definition) is 2. The van der Waals surface area contributed by atoms with Crippen molar-refractivity contribution in [3.63, 3.8) is 0 Å². The normalized spacial score (nSPS) is 21.2. The van der Waals surface area contributed by atoms with Gasteiger partial charge in [0.05, 0.1) is 19.1 Å². The summed E-state index contributed by atoms with van der Waals surface area (Å²) in [5, 5.41) is 4.34. The second-order valence-electron chi connectivity index (χ2n) is 8.15. The molecule has 0 spiro atoms. The minimum Gasteiger partial charge on any atom is -0.349 e. The van der Waals surface area contributed by atoms with E-state index < -0.39 is 0 Å². The summed E-state index contributed by atoms with van der Waals surface area (Å²) in [5.41, 5.74) is 3.68. The summed E-state index contributed by atoms with van der Waals surface area (Å²) in [6, 6.07) is 8.25. The molecule has 2 N–H and O–H groups in total. The van der Waals surface area contributed by atoms with Gasteiger partial charge in [-0.05, 0) is 75.0 Å². The summed E-state index contributed by atoms with van der Waals surface area (Å²) >= 11 is 5.68. The lowest BCUT2D eigenvalue weighted by Crippen LogP contribution is -3.17. The molecule has 1 unspecified atom stereocenters. The molecule has 25 heavy (non-hydrogen) atoms. The highest BCUT2D eigenvalue weighted by atomic mass is 32.1. The topological polar surface area (TPSA) is 19.7 Å². The minimum atomic E-state index is 0.809. The van der Waals surface area contributed by atoms with Gasteiger partial charge >= 0.3 is 0 Å². The fraction of sp³-hybridized carbons (Fsp3) is 0.667. The van der Waals surface area contributed by atoms with E-state index in [9.17, 15) is 0 Å². The molecule has 138 valence electrons. The van der Waals surface area contributed by atoms with Crippen LogP contribution in [0.5, 0.6) is 0 Å². The predicted octanol–water partition coefficient (Wildman–Crippen LogP) is 3.31. The third-order valence-electron chi connectivity index (χ3n) is 6.15. The highest BCUT2D eigenvalue weighted by Gasteiger charge is 2.31. The van der Waals surface area contributed by atoms with Crippen LogP contribution in [-0.4, -0.2) is 42.2 Å². The number of piperidine rings is 1. The smallest absolute Gasteiger partial charge is 0.173 e. The van der Waals surface area contributed by atoms with Gasteiger partial charge in [-0.3, -0.25) is 0 Å². The van der Waals surface area contributed by atoms with Gasteiger partial charge in [0, 0.05) is 31.6 Å². The summed E-state index contributed by atoms with van der Waals surface area (Å²) in [4.78, 5) is 4.14. The first-order chi connectivity index (χ1) is 12.0. The van der Waals surface area contributed by atoms with Crippen LogP contribution in [0.3, 0.4) is 0 Å². The average Bonchev–Trinajstić information content (AvgIpc) is 2.61. The van der Waals surface area contributed by atoms with Gasteiger partial charge in [0.25, 0.3) is 0 Å². The van der Waals surface area contributed by atoms with Crippen molar-refractivity contribution in [1.29, 1.82) is 0 Å². The SMILES string of the molecule is Cc1cc(C)cc(NC(=S)N2CCC([NH+](C)C3CCCCC3)CC2)c1. The summed E-state index contributed by atoms with van der Waals surface area (Å²) in [6.45, 7) is 6.45. The number of rotatable bonds is 3. The molecule has 0 aromatic heterocycles. The number of quaternary nitrogens is 1. The average molecular weight is 361 g/mol. The lowest BCUT2D eigenvalue weighted by Gasteiger charge is -2.39. The van der Waals surface area contributed by atoms with Gasteiger partial charge in [0.1, 0.15) is 0 Å². The van der Waals surface area contributed by atoms with Crippen molar-refractivity contribution in [2.45, 2.75) is 70.9 Å². The van der Waals surface area contributed by atoms with Crippen molar-refractivity contribution in [2.24, 2.45) is 0 Å². The molecule has 3 rings (SSSR count). The molecule has 1 aromatic rings. The van der Waals surface area contributed by atoms with Crippen LogP contribution in [0.25, 0.3) is 0 Å². The number of aryl methyl sites for hydroxylation is 2. The zero-order chi connectivity index (χ0) is 17.8. The van der Waals surface area contributed by atoms with E-state index in [4.69, 9.17) is 12.2 Å². The Labute approximate surface area is 158 Å². The number of thiocarbonyl (C=S) groups is 1. The van der Waals surface area contributed by atoms with Crippen molar-refractivity contribution < 1.29 is 4.90 Å². The summed E-state index contributed by atoms with van der Waals surface area (Å²) in [6.07, 6.45) is 9.70. The molecular formula is C21H34N3S+. The van der Waals surface area contributed by atoms with Crippen molar-refractivity contribution in [1.82, 2.24) is 4.90 Å². The number of nitrogens with zero attached hydrogens (tertiary/aromatic N) is 1. The van der Waals surface area contributed by atoms with E-state index in [-0.39, 0.29) is 0 Å². The van der Waals surface area contributed by atoms with Gasteiger partial charge in [-0.2, -0.15) is 0 Å². The molecule has 1 saturated heterocycles. The summed E-state index contributed by atoms with van der Waals surface area (Å²) in [7, 11) is 2.43. The van der Waals surface area contributed by atoms with Crippen LogP contribution in [0, 0.1) is 13.8 Å². The monoisotopic (exact) mass is 360 g/mol. The fourth-order valence-electron chi connectivity index (χ4n) is 4.68. The van der Waals surface area contributed by atoms with Gasteiger partial charge in [-0.15, -0.1) is 0 Å². The molecule has 1 aromatic carbocycles. The van der Waals surface area contributed by atoms with Crippen LogP contribution in [0.4, 0.5) is 5.69 Å². The van der Waals surface area contributed by atoms with Gasteiger partial charge in [-0.25, -0.2) is 0 Å². The zero-order valence-corrected chi connectivity index (χ0v) is 16.9. The van der Waals surface area contributed by atoms with Crippen LogP contribution < -0.4 is 10.2 Å². The Morgan fingerprint density at radius 1 is 0.960 bits per heavy atom. The molecule has 1 saturated carbocycles. The minimum absolute atomic E-state index is 0.809. The van der Waals surface area contributed by atoms with E-state index in [0.29, 0.717) is 0 Å². The first kappa shape index (κ1) is 18.7. The molecule has 1 aliphatic carbocycles. The number of anilines is 1. The maximum atomic E-state index is 5.68. The largest absolute Gasteiger partial charge is 0.349 e. The first-order valence-corrected chi connectivity index (χ1v) is 10.4. The van der Waals surface area contributed by atoms with E-state index in [1.54, 1.807) is 4.90 Å². The van der Waals surface area contributed by atoms with Gasteiger partial charge in [0.15, 0.2) is 5.11 Å². The van der Waals surface area contributed by atoms with Crippen LogP contribution in [0.1, 0.15) is 56.1 Å². The zero-order valence-electron chi connectivity index (χ0n) is 16.1. The van der Waals surface area contributed by atoms with Crippen molar-refractivity contribution in [3.8, 4) is 0 Å². The molecule has 2 aliphatic rings. The van der Waals surface area contributed by atoms with Crippen molar-refractivity contribution >= 4 is 23.0 Å². The quantitative estimate of drug-likeness (QED) is 0.807. The summed E-state index contributed by atoms with van der Waals surface area (Å²) in [5.74, 6) is 0. The van der Waals surface area contributed by atoms with E-state index in [1.165, 1.54) is 56.1 Å². The predicted molar refractivity (Wildman–Crippen MR) is 110 cm³/mol. The van der Waals surface area contributed by atoms with Gasteiger partial charge in [-0.1, -0.05) is 12.5 Å². The highest BCUT2D eigenvalue weighted by Crippen LogP contribution is 2.18. The molecule has 2 fully saturated rings. The second-order valence-corrected chi connectivity index (χ2v) is 8.53. The molecule has 0 radical (unpaired) electrons. The van der Waals surface area contributed by atoms with E-state index in [1.807, 2.05) is 0 Å². The molecule has 1 atom stereocenters. The summed E-state index contributed by atoms with van der Waals surface area (Å²) < 4.78 is 0. The van der Waals surface area contributed by atoms with Crippen LogP contribution >= 0.6 is 12.2 Å². The number of likely N-dealkylation sites (tertiary alicyclic amines) is 1. The standard InChI is InChI=1S/C21H33N3S/c1-16-13-17(2)15-18(14-16)22-21(25)24-11-9-20(10-12-24)23(3)19-7-5-4-6-8-19/h13-15,19-20H,4-12H2,1-3H3,(H,22,25)/p+1. The Kier molecular flexibility index (Phi) is 6.34. The van der Waals surface area contributed by atoms with E-state index >= 15 is 0 Å². The number of nitrogens with one attached hydrogen (secondary N) is 2. The Hall–Kier alpha value is -1.13. The fourth-order valence-corrected chi connectivity index (χ4v) is 4.98. The Morgan fingerprint density at radius 2 is 1.52 bits per heavy atom. The molecular weight excluding hydrogens is 326 g/mol. The maximum absolute atomic E-state index is 5.68. The lowest BCUT2D eigenvalue weighted by atomic mass is 9.92.